The third-order valence-corrected chi connectivity index (χ3v) is 4.66. The quantitative estimate of drug-likeness (QED) is 0.787. The summed E-state index contributed by atoms with van der Waals surface area (Å²) in [7, 11) is 2.07. The van der Waals surface area contributed by atoms with Crippen molar-refractivity contribution in [1.82, 2.24) is 14.9 Å². The fourth-order valence-electron chi connectivity index (χ4n) is 3.46. The van der Waals surface area contributed by atoms with E-state index in [1.54, 1.807) is 0 Å². The Hall–Kier alpha value is -1.50. The van der Waals surface area contributed by atoms with Gasteiger partial charge in [0.25, 0.3) is 0 Å². The van der Waals surface area contributed by atoms with Gasteiger partial charge in [-0.1, -0.05) is 0 Å². The van der Waals surface area contributed by atoms with Crippen molar-refractivity contribution >= 4 is 5.78 Å². The number of aromatic nitrogens is 2. The van der Waals surface area contributed by atoms with Gasteiger partial charge in [-0.05, 0) is 32.7 Å². The molecule has 3 rings (SSSR count). The van der Waals surface area contributed by atoms with Crippen molar-refractivity contribution in [3.8, 4) is 0 Å². The summed E-state index contributed by atoms with van der Waals surface area (Å²) in [6.07, 6.45) is 1.15. The molecule has 1 aromatic heterocycles. The summed E-state index contributed by atoms with van der Waals surface area (Å²) in [6, 6.07) is 0.820. The van der Waals surface area contributed by atoms with Crippen LogP contribution in [0.5, 0.6) is 0 Å². The number of hydrogen-bond acceptors (Lipinski definition) is 4. The molecular formula is C14H16F3N3O. The number of alkyl halides is 3. The Morgan fingerprint density at radius 3 is 2.19 bits per heavy atom. The second-order valence-corrected chi connectivity index (χ2v) is 5.88. The van der Waals surface area contributed by atoms with Gasteiger partial charge in [0.05, 0.1) is 5.56 Å². The third-order valence-electron chi connectivity index (χ3n) is 4.66. The average Bonchev–Trinajstić information content (AvgIpc) is 2.66. The van der Waals surface area contributed by atoms with Crippen LogP contribution in [0.4, 0.5) is 13.2 Å². The first-order valence-corrected chi connectivity index (χ1v) is 7.01. The minimum absolute atomic E-state index is 0.126. The molecule has 0 spiro atoms. The van der Waals surface area contributed by atoms with Gasteiger partial charge in [0.1, 0.15) is 0 Å². The summed E-state index contributed by atoms with van der Waals surface area (Å²) in [5.74, 6) is -1.46. The monoisotopic (exact) mass is 299 g/mol. The van der Waals surface area contributed by atoms with Gasteiger partial charge in [-0.25, -0.2) is 9.97 Å². The maximum Gasteiger partial charge on any atom is 0.451 e. The van der Waals surface area contributed by atoms with E-state index in [9.17, 15) is 18.0 Å². The molecule has 0 amide bonds. The molecule has 4 nitrogen and oxygen atoms in total. The van der Waals surface area contributed by atoms with Crippen molar-refractivity contribution in [3.63, 3.8) is 0 Å². The number of nitrogens with zero attached hydrogens (tertiary/aromatic N) is 3. The Morgan fingerprint density at radius 1 is 1.19 bits per heavy atom. The van der Waals surface area contributed by atoms with Crippen molar-refractivity contribution in [2.75, 3.05) is 7.05 Å². The van der Waals surface area contributed by atoms with Crippen molar-refractivity contribution in [2.45, 2.75) is 43.9 Å². The van der Waals surface area contributed by atoms with Gasteiger partial charge < -0.3 is 4.90 Å². The van der Waals surface area contributed by atoms with Crippen LogP contribution in [0.1, 0.15) is 41.9 Å². The second kappa shape index (κ2) is 5.05. The number of piperidine rings is 1. The number of carbonyl (C=O) groups excluding carboxylic acids is 1. The van der Waals surface area contributed by atoms with Gasteiger partial charge in [-0.3, -0.25) is 4.79 Å². The van der Waals surface area contributed by atoms with Crippen LogP contribution < -0.4 is 0 Å². The van der Waals surface area contributed by atoms with E-state index in [-0.39, 0.29) is 17.3 Å². The predicted octanol–water partition coefficient (Wildman–Crippen LogP) is 2.55. The minimum atomic E-state index is -4.58. The van der Waals surface area contributed by atoms with E-state index in [4.69, 9.17) is 0 Å². The van der Waals surface area contributed by atoms with Gasteiger partial charge in [0.2, 0.25) is 5.82 Å². The van der Waals surface area contributed by atoms with Crippen molar-refractivity contribution in [3.05, 3.63) is 23.8 Å². The first-order chi connectivity index (χ1) is 9.86. The van der Waals surface area contributed by atoms with Crippen LogP contribution in [0.15, 0.2) is 12.4 Å². The molecule has 2 atom stereocenters. The van der Waals surface area contributed by atoms with Gasteiger partial charge >= 0.3 is 6.18 Å². The molecular weight excluding hydrogens is 283 g/mol. The summed E-state index contributed by atoms with van der Waals surface area (Å²) in [5, 5.41) is 0. The molecule has 21 heavy (non-hydrogen) atoms. The number of halogens is 3. The van der Waals surface area contributed by atoms with E-state index < -0.39 is 12.0 Å². The summed E-state index contributed by atoms with van der Waals surface area (Å²) in [5.41, 5.74) is 0.178. The molecule has 114 valence electrons. The highest BCUT2D eigenvalue weighted by Crippen LogP contribution is 2.38. The lowest BCUT2D eigenvalue weighted by Gasteiger charge is -2.35. The van der Waals surface area contributed by atoms with Crippen LogP contribution in [-0.4, -0.2) is 39.8 Å². The molecule has 2 unspecified atom stereocenters. The van der Waals surface area contributed by atoms with Crippen LogP contribution in [0.2, 0.25) is 0 Å². The topological polar surface area (TPSA) is 46.1 Å². The Morgan fingerprint density at radius 2 is 1.71 bits per heavy atom. The molecule has 2 bridgehead atoms. The first kappa shape index (κ1) is 14.4. The van der Waals surface area contributed by atoms with E-state index in [0.29, 0.717) is 12.1 Å². The fourth-order valence-corrected chi connectivity index (χ4v) is 3.46. The number of hydrogen-bond donors (Lipinski definition) is 0. The highest BCUT2D eigenvalue weighted by Gasteiger charge is 2.41. The maximum absolute atomic E-state index is 12.4. The van der Waals surface area contributed by atoms with Gasteiger partial charge in [-0.15, -0.1) is 0 Å². The molecule has 0 aliphatic carbocycles. The molecule has 0 saturated carbocycles. The summed E-state index contributed by atoms with van der Waals surface area (Å²) >= 11 is 0. The largest absolute Gasteiger partial charge is 0.451 e. The molecule has 0 N–H and O–H groups in total. The highest BCUT2D eigenvalue weighted by atomic mass is 19.4. The van der Waals surface area contributed by atoms with Crippen LogP contribution in [0, 0.1) is 5.92 Å². The lowest BCUT2D eigenvalue weighted by Crippen LogP contribution is -2.42. The zero-order chi connectivity index (χ0) is 15.2. The first-order valence-electron chi connectivity index (χ1n) is 7.01. The molecule has 3 heterocycles. The Labute approximate surface area is 120 Å². The van der Waals surface area contributed by atoms with Crippen molar-refractivity contribution in [1.29, 1.82) is 0 Å². The summed E-state index contributed by atoms with van der Waals surface area (Å²) < 4.78 is 37.2. The van der Waals surface area contributed by atoms with Crippen LogP contribution in [0.3, 0.4) is 0 Å². The predicted molar refractivity (Wildman–Crippen MR) is 68.7 cm³/mol. The fraction of sp³-hybridized carbons (Fsp3) is 0.643. The molecule has 1 aromatic rings. The van der Waals surface area contributed by atoms with Crippen LogP contribution in [0.25, 0.3) is 0 Å². The second-order valence-electron chi connectivity index (χ2n) is 5.88. The molecule has 0 aromatic carbocycles. The lowest BCUT2D eigenvalue weighted by molar-refractivity contribution is -0.145. The zero-order valence-electron chi connectivity index (χ0n) is 11.6. The van der Waals surface area contributed by atoms with E-state index in [1.165, 1.54) is 0 Å². The van der Waals surface area contributed by atoms with Crippen molar-refractivity contribution < 1.29 is 18.0 Å². The molecule has 2 fully saturated rings. The number of carbonyl (C=O) groups is 1. The molecule has 0 radical (unpaired) electrons. The third kappa shape index (κ3) is 2.66. The van der Waals surface area contributed by atoms with Gasteiger partial charge in [0, 0.05) is 30.4 Å². The molecule has 7 heteroatoms. The smallest absolute Gasteiger partial charge is 0.300 e. The number of rotatable bonds is 2. The standard InChI is InChI=1S/C14H16F3N3O/c1-20-10-2-3-11(20)5-8(4-10)12(21)9-6-18-13(19-7-9)14(15,16)17/h6-8,10-11H,2-5H2,1H3. The minimum Gasteiger partial charge on any atom is -0.300 e. The van der Waals surface area contributed by atoms with E-state index in [1.807, 2.05) is 0 Å². The Kier molecular flexibility index (Phi) is 3.47. The van der Waals surface area contributed by atoms with E-state index in [2.05, 4.69) is 21.9 Å². The molecule has 2 aliphatic heterocycles. The Balaban J connectivity index is 1.74. The summed E-state index contributed by atoms with van der Waals surface area (Å²) in [4.78, 5) is 21.3. The van der Waals surface area contributed by atoms with Gasteiger partial charge in [0.15, 0.2) is 5.78 Å². The van der Waals surface area contributed by atoms with Gasteiger partial charge in [-0.2, -0.15) is 13.2 Å². The number of ketones is 1. The highest BCUT2D eigenvalue weighted by molar-refractivity contribution is 5.97. The lowest BCUT2D eigenvalue weighted by atomic mass is 9.86. The van der Waals surface area contributed by atoms with Crippen molar-refractivity contribution in [2.24, 2.45) is 5.92 Å². The maximum atomic E-state index is 12.4. The van der Waals surface area contributed by atoms with Crippen LogP contribution >= 0.6 is 0 Å². The SMILES string of the molecule is CN1C2CCC1CC(C(=O)c1cnc(C(F)(F)F)nc1)C2. The normalized spacial score (nSPS) is 29.6. The number of Topliss-reactive ketones (excluding diaryl/α,β-unsaturated/α-hetero) is 1. The molecule has 2 saturated heterocycles. The van der Waals surface area contributed by atoms with E-state index >= 15 is 0 Å². The zero-order valence-corrected chi connectivity index (χ0v) is 11.6. The number of fused-ring (bicyclic) bond motifs is 2. The summed E-state index contributed by atoms with van der Waals surface area (Å²) in [6.45, 7) is 0. The average molecular weight is 299 g/mol. The van der Waals surface area contributed by atoms with Crippen LogP contribution in [-0.2, 0) is 6.18 Å². The molecule has 2 aliphatic rings. The Bertz CT molecular complexity index is 529. The van der Waals surface area contributed by atoms with E-state index in [0.717, 1.165) is 38.1 Å².